The summed E-state index contributed by atoms with van der Waals surface area (Å²) in [5.74, 6) is 5.60. The monoisotopic (exact) mass is 387 g/mol. The molecule has 0 aliphatic carbocycles. The minimum atomic E-state index is -0.358. The van der Waals surface area contributed by atoms with E-state index >= 15 is 0 Å². The van der Waals surface area contributed by atoms with E-state index in [-0.39, 0.29) is 24.6 Å². The molecule has 1 aliphatic heterocycles. The average Bonchev–Trinajstić information content (AvgIpc) is 3.09. The number of benzene rings is 1. The van der Waals surface area contributed by atoms with Crippen molar-refractivity contribution < 1.29 is 18.8 Å². The summed E-state index contributed by atoms with van der Waals surface area (Å²) in [6.45, 7) is 4.64. The molecule has 1 aliphatic rings. The molecular formula is C21H22ClNO4. The molecule has 2 aromatic rings. The maximum absolute atomic E-state index is 12.8. The van der Waals surface area contributed by atoms with E-state index in [1.165, 1.54) is 0 Å². The molecule has 0 bridgehead atoms. The lowest BCUT2D eigenvalue weighted by Gasteiger charge is -2.22. The number of ketones is 1. The van der Waals surface area contributed by atoms with Crippen LogP contribution in [0.3, 0.4) is 0 Å². The SMILES string of the molecule is CC(C)C#CC(=O)c1c(COC2CCCCO2)noc1-c1ccccc1Cl. The normalized spacial score (nSPS) is 16.8. The number of Topliss-reactive ketones (excluding diaryl/α,β-unsaturated/α-hetero) is 1. The Morgan fingerprint density at radius 2 is 2.19 bits per heavy atom. The summed E-state index contributed by atoms with van der Waals surface area (Å²) in [6, 6.07) is 7.15. The quantitative estimate of drug-likeness (QED) is 0.415. The van der Waals surface area contributed by atoms with Crippen LogP contribution in [-0.4, -0.2) is 23.8 Å². The predicted octanol–water partition coefficient (Wildman–Crippen LogP) is 4.88. The van der Waals surface area contributed by atoms with Gasteiger partial charge in [-0.25, -0.2) is 0 Å². The zero-order chi connectivity index (χ0) is 19.2. The third-order valence-corrected chi connectivity index (χ3v) is 4.46. The zero-order valence-electron chi connectivity index (χ0n) is 15.5. The summed E-state index contributed by atoms with van der Waals surface area (Å²) in [6.07, 6.45) is 2.63. The molecular weight excluding hydrogens is 366 g/mol. The van der Waals surface area contributed by atoms with Gasteiger partial charge in [0.1, 0.15) is 11.3 Å². The van der Waals surface area contributed by atoms with Gasteiger partial charge in [-0.2, -0.15) is 0 Å². The lowest BCUT2D eigenvalue weighted by Crippen LogP contribution is -2.22. The van der Waals surface area contributed by atoms with Gasteiger partial charge in [0.05, 0.1) is 11.6 Å². The first kappa shape index (κ1) is 19.6. The van der Waals surface area contributed by atoms with Crippen LogP contribution < -0.4 is 0 Å². The van der Waals surface area contributed by atoms with E-state index in [4.69, 9.17) is 25.6 Å². The Bertz CT molecular complexity index is 857. The number of hydrogen-bond acceptors (Lipinski definition) is 5. The van der Waals surface area contributed by atoms with E-state index in [0.717, 1.165) is 19.3 Å². The Kier molecular flexibility index (Phi) is 6.68. The molecule has 1 fully saturated rings. The molecule has 6 heteroatoms. The van der Waals surface area contributed by atoms with Crippen molar-refractivity contribution in [3.8, 4) is 23.2 Å². The number of ether oxygens (including phenoxy) is 2. The van der Waals surface area contributed by atoms with E-state index in [1.807, 2.05) is 26.0 Å². The molecule has 0 N–H and O–H groups in total. The van der Waals surface area contributed by atoms with Crippen LogP contribution in [0, 0.1) is 17.8 Å². The van der Waals surface area contributed by atoms with Crippen LogP contribution in [0.5, 0.6) is 0 Å². The van der Waals surface area contributed by atoms with Crippen molar-refractivity contribution in [1.82, 2.24) is 5.16 Å². The second-order valence-corrected chi connectivity index (χ2v) is 7.08. The van der Waals surface area contributed by atoms with Crippen LogP contribution in [0.4, 0.5) is 0 Å². The van der Waals surface area contributed by atoms with Gasteiger partial charge in [0, 0.05) is 18.1 Å². The molecule has 0 saturated carbocycles. The summed E-state index contributed by atoms with van der Waals surface area (Å²) < 4.78 is 16.8. The van der Waals surface area contributed by atoms with Gasteiger partial charge in [-0.1, -0.05) is 48.7 Å². The Morgan fingerprint density at radius 1 is 1.37 bits per heavy atom. The lowest BCUT2D eigenvalue weighted by molar-refractivity contribution is -0.169. The number of hydrogen-bond donors (Lipinski definition) is 0. The zero-order valence-corrected chi connectivity index (χ0v) is 16.2. The highest BCUT2D eigenvalue weighted by atomic mass is 35.5. The molecule has 1 aromatic heterocycles. The molecule has 27 heavy (non-hydrogen) atoms. The van der Waals surface area contributed by atoms with Gasteiger partial charge >= 0.3 is 0 Å². The van der Waals surface area contributed by atoms with Crippen LogP contribution >= 0.6 is 11.6 Å². The first-order valence-electron chi connectivity index (χ1n) is 9.08. The summed E-state index contributed by atoms with van der Waals surface area (Å²) in [4.78, 5) is 12.8. The standard InChI is InChI=1S/C21H22ClNO4/c1-14(2)10-11-18(24)20-17(13-26-19-9-5-6-12-25-19)23-27-21(20)15-7-3-4-8-16(15)22/h3-4,7-8,14,19H,5-6,9,12-13H2,1-2H3. The predicted molar refractivity (Wildman–Crippen MR) is 102 cm³/mol. The fourth-order valence-electron chi connectivity index (χ4n) is 2.77. The Balaban J connectivity index is 1.92. The topological polar surface area (TPSA) is 61.6 Å². The van der Waals surface area contributed by atoms with Crippen molar-refractivity contribution in [1.29, 1.82) is 0 Å². The largest absolute Gasteiger partial charge is 0.355 e. The molecule has 3 rings (SSSR count). The van der Waals surface area contributed by atoms with Crippen molar-refractivity contribution in [3.05, 3.63) is 40.5 Å². The van der Waals surface area contributed by atoms with Gasteiger partial charge in [-0.3, -0.25) is 4.79 Å². The molecule has 5 nitrogen and oxygen atoms in total. The van der Waals surface area contributed by atoms with Crippen LogP contribution in [0.25, 0.3) is 11.3 Å². The van der Waals surface area contributed by atoms with Crippen LogP contribution in [0.1, 0.15) is 49.2 Å². The second kappa shape index (κ2) is 9.18. The van der Waals surface area contributed by atoms with E-state index in [1.54, 1.807) is 12.1 Å². The Morgan fingerprint density at radius 3 is 2.89 bits per heavy atom. The minimum Gasteiger partial charge on any atom is -0.355 e. The van der Waals surface area contributed by atoms with E-state index in [9.17, 15) is 4.79 Å². The van der Waals surface area contributed by atoms with Crippen LogP contribution in [-0.2, 0) is 16.1 Å². The molecule has 142 valence electrons. The number of nitrogens with zero attached hydrogens (tertiary/aromatic N) is 1. The third kappa shape index (κ3) is 4.98. The van der Waals surface area contributed by atoms with E-state index in [0.29, 0.717) is 34.2 Å². The minimum absolute atomic E-state index is 0.0768. The fraction of sp³-hybridized carbons (Fsp3) is 0.429. The Labute approximate surface area is 164 Å². The maximum atomic E-state index is 12.8. The van der Waals surface area contributed by atoms with E-state index < -0.39 is 0 Å². The van der Waals surface area contributed by atoms with Crippen LogP contribution in [0.15, 0.2) is 28.8 Å². The van der Waals surface area contributed by atoms with Crippen molar-refractivity contribution in [2.24, 2.45) is 5.92 Å². The van der Waals surface area contributed by atoms with Crippen molar-refractivity contribution in [2.45, 2.75) is 46.0 Å². The highest BCUT2D eigenvalue weighted by molar-refractivity contribution is 6.33. The number of aromatic nitrogens is 1. The molecule has 1 saturated heterocycles. The van der Waals surface area contributed by atoms with Gasteiger partial charge in [0.2, 0.25) is 5.78 Å². The van der Waals surface area contributed by atoms with Crippen molar-refractivity contribution in [3.63, 3.8) is 0 Å². The van der Waals surface area contributed by atoms with Gasteiger partial charge in [0.15, 0.2) is 12.1 Å². The van der Waals surface area contributed by atoms with Gasteiger partial charge < -0.3 is 14.0 Å². The number of carbonyl (C=O) groups excluding carboxylic acids is 1. The molecule has 2 heterocycles. The van der Waals surface area contributed by atoms with Gasteiger partial charge in [-0.15, -0.1) is 0 Å². The molecule has 1 aromatic carbocycles. The van der Waals surface area contributed by atoms with E-state index in [2.05, 4.69) is 17.0 Å². The molecule has 0 amide bonds. The van der Waals surface area contributed by atoms with Crippen molar-refractivity contribution in [2.75, 3.05) is 6.61 Å². The highest BCUT2D eigenvalue weighted by Gasteiger charge is 2.25. The highest BCUT2D eigenvalue weighted by Crippen LogP contribution is 2.33. The maximum Gasteiger partial charge on any atom is 0.241 e. The smallest absolute Gasteiger partial charge is 0.241 e. The van der Waals surface area contributed by atoms with Gasteiger partial charge in [-0.05, 0) is 37.3 Å². The summed E-state index contributed by atoms with van der Waals surface area (Å²) >= 11 is 6.28. The van der Waals surface area contributed by atoms with Gasteiger partial charge in [0.25, 0.3) is 0 Å². The third-order valence-electron chi connectivity index (χ3n) is 4.13. The first-order chi connectivity index (χ1) is 13.1. The lowest BCUT2D eigenvalue weighted by atomic mass is 10.0. The molecule has 1 unspecified atom stereocenters. The molecule has 0 radical (unpaired) electrons. The summed E-state index contributed by atoms with van der Waals surface area (Å²) in [5, 5.41) is 4.54. The first-order valence-corrected chi connectivity index (χ1v) is 9.46. The second-order valence-electron chi connectivity index (χ2n) is 6.67. The molecule has 0 spiro atoms. The number of carbonyl (C=O) groups is 1. The average molecular weight is 388 g/mol. The molecule has 1 atom stereocenters. The fourth-order valence-corrected chi connectivity index (χ4v) is 2.99. The number of rotatable bonds is 5. The summed E-state index contributed by atoms with van der Waals surface area (Å²) in [7, 11) is 0. The number of halogens is 1. The summed E-state index contributed by atoms with van der Waals surface area (Å²) in [5.41, 5.74) is 1.30. The van der Waals surface area contributed by atoms with Crippen molar-refractivity contribution >= 4 is 17.4 Å². The van der Waals surface area contributed by atoms with Crippen LogP contribution in [0.2, 0.25) is 5.02 Å². The Hall–Kier alpha value is -2.13.